The molecule has 0 aliphatic rings. The van der Waals surface area contributed by atoms with Crippen LogP contribution in [0.4, 0.5) is 4.39 Å². The van der Waals surface area contributed by atoms with Gasteiger partial charge in [0, 0.05) is 11.1 Å². The Balaban J connectivity index is 2.04. The average molecular weight is 399 g/mol. The second kappa shape index (κ2) is 7.15. The highest BCUT2D eigenvalue weighted by Crippen LogP contribution is 2.30. The maximum atomic E-state index is 14.1. The Hall–Kier alpha value is -1.90. The number of halogens is 2. The number of nitrogens with zero attached hydrogens (tertiary/aromatic N) is 2. The van der Waals surface area contributed by atoms with Crippen molar-refractivity contribution >= 4 is 50.9 Å². The summed E-state index contributed by atoms with van der Waals surface area (Å²) in [6, 6.07) is 6.37. The average Bonchev–Trinajstić information content (AvgIpc) is 2.89. The minimum atomic E-state index is -0.674. The van der Waals surface area contributed by atoms with Crippen LogP contribution in [-0.2, 0) is 9.53 Å². The van der Waals surface area contributed by atoms with Crippen LogP contribution in [0.15, 0.2) is 40.2 Å². The molecule has 2 heterocycles. The number of rotatable bonds is 4. The molecular formula is C16H12ClFN2O3S2. The van der Waals surface area contributed by atoms with Crippen molar-refractivity contribution in [1.82, 2.24) is 9.55 Å². The number of esters is 1. The third-order valence-corrected chi connectivity index (χ3v) is 5.58. The smallest absolute Gasteiger partial charge is 0.318 e. The van der Waals surface area contributed by atoms with E-state index in [4.69, 9.17) is 16.3 Å². The first-order chi connectivity index (χ1) is 11.9. The SMILES string of the molecule is COC(=O)C(C)Sc1ccc2c(c1)sc(=O)n2-c1ncc(Cl)cc1F. The van der Waals surface area contributed by atoms with E-state index >= 15 is 0 Å². The molecule has 130 valence electrons. The summed E-state index contributed by atoms with van der Waals surface area (Å²) < 4.78 is 20.7. The summed E-state index contributed by atoms with van der Waals surface area (Å²) in [5.41, 5.74) is 0.541. The number of carbonyl (C=O) groups is 1. The zero-order chi connectivity index (χ0) is 18.1. The molecule has 0 aliphatic carbocycles. The summed E-state index contributed by atoms with van der Waals surface area (Å²) in [6.07, 6.45) is 1.29. The van der Waals surface area contributed by atoms with E-state index in [9.17, 15) is 14.0 Å². The third-order valence-electron chi connectivity index (χ3n) is 3.40. The van der Waals surface area contributed by atoms with Gasteiger partial charge in [0.15, 0.2) is 11.6 Å². The number of thiazole rings is 1. The van der Waals surface area contributed by atoms with Gasteiger partial charge in [-0.2, -0.15) is 0 Å². The van der Waals surface area contributed by atoms with Gasteiger partial charge in [-0.25, -0.2) is 13.9 Å². The first-order valence-electron chi connectivity index (χ1n) is 7.12. The fraction of sp³-hybridized carbons (Fsp3) is 0.188. The van der Waals surface area contributed by atoms with E-state index in [1.807, 2.05) is 0 Å². The topological polar surface area (TPSA) is 61.2 Å². The van der Waals surface area contributed by atoms with E-state index < -0.39 is 5.82 Å². The van der Waals surface area contributed by atoms with Crippen molar-refractivity contribution in [1.29, 1.82) is 0 Å². The van der Waals surface area contributed by atoms with Crippen LogP contribution in [0.25, 0.3) is 16.0 Å². The van der Waals surface area contributed by atoms with Gasteiger partial charge < -0.3 is 4.74 Å². The molecule has 0 bridgehead atoms. The number of aromatic nitrogens is 2. The van der Waals surface area contributed by atoms with Gasteiger partial charge in [0.05, 0.1) is 22.3 Å². The number of hydrogen-bond donors (Lipinski definition) is 0. The number of hydrogen-bond acceptors (Lipinski definition) is 6. The van der Waals surface area contributed by atoms with E-state index in [2.05, 4.69) is 4.98 Å². The van der Waals surface area contributed by atoms with E-state index in [0.717, 1.165) is 22.3 Å². The monoisotopic (exact) mass is 398 g/mol. The van der Waals surface area contributed by atoms with Gasteiger partial charge in [0.2, 0.25) is 0 Å². The summed E-state index contributed by atoms with van der Waals surface area (Å²) in [6.45, 7) is 1.74. The molecule has 5 nitrogen and oxygen atoms in total. The molecule has 9 heteroatoms. The number of fused-ring (bicyclic) bond motifs is 1. The summed E-state index contributed by atoms with van der Waals surface area (Å²) in [4.78, 5) is 28.2. The standard InChI is InChI=1S/C16H12ClFN2O3S2/c1-8(15(21)23-2)24-10-3-4-12-13(6-10)25-16(22)20(12)14-11(18)5-9(17)7-19-14/h3-8H,1-2H3. The lowest BCUT2D eigenvalue weighted by atomic mass is 10.3. The van der Waals surface area contributed by atoms with Crippen LogP contribution in [0.3, 0.4) is 0 Å². The van der Waals surface area contributed by atoms with Crippen molar-refractivity contribution in [3.8, 4) is 5.82 Å². The normalized spacial score (nSPS) is 12.3. The largest absolute Gasteiger partial charge is 0.468 e. The van der Waals surface area contributed by atoms with Crippen LogP contribution in [0, 0.1) is 5.82 Å². The van der Waals surface area contributed by atoms with E-state index in [1.165, 1.54) is 29.6 Å². The highest BCUT2D eigenvalue weighted by molar-refractivity contribution is 8.00. The Morgan fingerprint density at radius 1 is 1.44 bits per heavy atom. The molecule has 0 saturated heterocycles. The molecule has 3 aromatic rings. The van der Waals surface area contributed by atoms with Gasteiger partial charge in [-0.05, 0) is 31.2 Å². The molecule has 0 fully saturated rings. The molecule has 3 rings (SSSR count). The predicted octanol–water partition coefficient (Wildman–Crippen LogP) is 3.89. The molecule has 1 unspecified atom stereocenters. The molecule has 1 atom stereocenters. The third kappa shape index (κ3) is 3.56. The minimum absolute atomic E-state index is 0.0935. The minimum Gasteiger partial charge on any atom is -0.468 e. The Bertz CT molecular complexity index is 1020. The van der Waals surface area contributed by atoms with Crippen molar-refractivity contribution < 1.29 is 13.9 Å². The zero-order valence-corrected chi connectivity index (χ0v) is 15.5. The number of carbonyl (C=O) groups excluding carboxylic acids is 1. The predicted molar refractivity (Wildman–Crippen MR) is 97.5 cm³/mol. The number of thioether (sulfide) groups is 1. The number of pyridine rings is 1. The zero-order valence-electron chi connectivity index (χ0n) is 13.2. The summed E-state index contributed by atoms with van der Waals surface area (Å²) >= 11 is 8.02. The molecular weight excluding hydrogens is 387 g/mol. The molecule has 0 radical (unpaired) electrons. The number of ether oxygens (including phenoxy) is 1. The Labute approximate surface area is 155 Å². The lowest BCUT2D eigenvalue weighted by Gasteiger charge is -2.09. The Morgan fingerprint density at radius 3 is 2.88 bits per heavy atom. The maximum Gasteiger partial charge on any atom is 0.318 e. The Morgan fingerprint density at radius 2 is 2.20 bits per heavy atom. The molecule has 0 aliphatic heterocycles. The fourth-order valence-corrected chi connectivity index (χ4v) is 4.33. The van der Waals surface area contributed by atoms with Crippen molar-refractivity contribution in [3.05, 3.63) is 51.0 Å². The highest BCUT2D eigenvalue weighted by Gasteiger charge is 2.18. The van der Waals surface area contributed by atoms with Crippen LogP contribution in [0.2, 0.25) is 5.02 Å². The van der Waals surface area contributed by atoms with Crippen molar-refractivity contribution in [3.63, 3.8) is 0 Å². The van der Waals surface area contributed by atoms with Crippen LogP contribution >= 0.6 is 34.7 Å². The van der Waals surface area contributed by atoms with Gasteiger partial charge >= 0.3 is 10.8 Å². The molecule has 2 aromatic heterocycles. The van der Waals surface area contributed by atoms with Gasteiger partial charge in [-0.1, -0.05) is 22.9 Å². The molecule has 0 spiro atoms. The molecule has 0 amide bonds. The van der Waals surface area contributed by atoms with Crippen molar-refractivity contribution in [2.24, 2.45) is 0 Å². The molecule has 0 N–H and O–H groups in total. The first-order valence-corrected chi connectivity index (χ1v) is 9.19. The van der Waals surface area contributed by atoms with Gasteiger partial charge in [-0.15, -0.1) is 11.8 Å². The lowest BCUT2D eigenvalue weighted by Crippen LogP contribution is -2.14. The summed E-state index contributed by atoms with van der Waals surface area (Å²) in [7, 11) is 1.34. The van der Waals surface area contributed by atoms with Crippen LogP contribution in [-0.4, -0.2) is 27.9 Å². The quantitative estimate of drug-likeness (QED) is 0.493. The van der Waals surface area contributed by atoms with E-state index in [0.29, 0.717) is 10.2 Å². The van der Waals surface area contributed by atoms with Crippen molar-refractivity contribution in [2.75, 3.05) is 7.11 Å². The highest BCUT2D eigenvalue weighted by atomic mass is 35.5. The van der Waals surface area contributed by atoms with Gasteiger partial charge in [0.25, 0.3) is 0 Å². The van der Waals surface area contributed by atoms with Crippen molar-refractivity contribution in [2.45, 2.75) is 17.1 Å². The van der Waals surface area contributed by atoms with Crippen LogP contribution in [0.1, 0.15) is 6.92 Å². The Kier molecular flexibility index (Phi) is 5.12. The number of methoxy groups -OCH3 is 1. The first kappa shape index (κ1) is 17.9. The summed E-state index contributed by atoms with van der Waals surface area (Å²) in [5.74, 6) is -1.10. The lowest BCUT2D eigenvalue weighted by molar-refractivity contribution is -0.139. The second-order valence-corrected chi connectivity index (χ2v) is 7.92. The van der Waals surface area contributed by atoms with Crippen LogP contribution < -0.4 is 4.87 Å². The van der Waals surface area contributed by atoms with E-state index in [-0.39, 0.29) is 26.9 Å². The maximum absolute atomic E-state index is 14.1. The second-order valence-electron chi connectivity index (χ2n) is 5.08. The molecule has 1 aromatic carbocycles. The van der Waals surface area contributed by atoms with Gasteiger partial charge in [-0.3, -0.25) is 9.59 Å². The van der Waals surface area contributed by atoms with Crippen LogP contribution in [0.5, 0.6) is 0 Å². The molecule has 25 heavy (non-hydrogen) atoms. The summed E-state index contributed by atoms with van der Waals surface area (Å²) in [5, 5.41) is -0.221. The molecule has 0 saturated carbocycles. The van der Waals surface area contributed by atoms with E-state index in [1.54, 1.807) is 25.1 Å². The fourth-order valence-electron chi connectivity index (χ4n) is 2.26. The van der Waals surface area contributed by atoms with Gasteiger partial charge in [0.1, 0.15) is 5.25 Å². The number of benzene rings is 1.